The topological polar surface area (TPSA) is 75.1 Å². The SMILES string of the molecule is CC(O)C(Cc1ccncc1)(Cc1ccncc1)C(=O)NC12CC3CC(CC(C3)C1)C2. The molecule has 4 saturated carbocycles. The van der Waals surface area contributed by atoms with Gasteiger partial charge >= 0.3 is 0 Å². The molecule has 31 heavy (non-hydrogen) atoms. The Morgan fingerprint density at radius 2 is 1.39 bits per heavy atom. The maximum atomic E-state index is 14.1. The zero-order valence-electron chi connectivity index (χ0n) is 18.3. The lowest BCUT2D eigenvalue weighted by Crippen LogP contribution is -2.64. The third-order valence-electron chi connectivity index (χ3n) is 8.21. The van der Waals surface area contributed by atoms with Gasteiger partial charge in [0, 0.05) is 30.3 Å². The van der Waals surface area contributed by atoms with E-state index >= 15 is 0 Å². The average molecular weight is 420 g/mol. The van der Waals surface area contributed by atoms with Gasteiger partial charge in [-0.05, 0) is 111 Å². The highest BCUT2D eigenvalue weighted by Crippen LogP contribution is 2.56. The second-order valence-electron chi connectivity index (χ2n) is 10.5. The van der Waals surface area contributed by atoms with Gasteiger partial charge in [0.1, 0.15) is 0 Å². The van der Waals surface area contributed by atoms with Gasteiger partial charge in [0.2, 0.25) is 5.91 Å². The van der Waals surface area contributed by atoms with Crippen LogP contribution in [0.2, 0.25) is 0 Å². The largest absolute Gasteiger partial charge is 0.392 e. The van der Waals surface area contributed by atoms with E-state index in [0.29, 0.717) is 12.8 Å². The first kappa shape index (κ1) is 20.6. The van der Waals surface area contributed by atoms with E-state index in [2.05, 4.69) is 15.3 Å². The summed E-state index contributed by atoms with van der Waals surface area (Å²) < 4.78 is 0. The molecule has 2 aromatic heterocycles. The number of aliphatic hydroxyl groups is 1. The van der Waals surface area contributed by atoms with Crippen molar-refractivity contribution in [2.45, 2.75) is 69.9 Å². The molecule has 4 bridgehead atoms. The van der Waals surface area contributed by atoms with Crippen LogP contribution in [-0.4, -0.2) is 32.6 Å². The van der Waals surface area contributed by atoms with E-state index in [9.17, 15) is 9.90 Å². The van der Waals surface area contributed by atoms with Gasteiger partial charge in [-0.25, -0.2) is 0 Å². The number of rotatable bonds is 7. The van der Waals surface area contributed by atoms with Crippen LogP contribution in [0, 0.1) is 23.2 Å². The van der Waals surface area contributed by atoms with Crippen molar-refractivity contribution in [1.29, 1.82) is 0 Å². The number of carbonyl (C=O) groups excluding carboxylic acids is 1. The second kappa shape index (κ2) is 8.01. The van der Waals surface area contributed by atoms with E-state index in [1.165, 1.54) is 19.3 Å². The number of nitrogens with zero attached hydrogens (tertiary/aromatic N) is 2. The number of nitrogens with one attached hydrogen (secondary N) is 1. The Bertz CT molecular complexity index is 836. The van der Waals surface area contributed by atoms with Crippen LogP contribution in [0.1, 0.15) is 56.6 Å². The summed E-state index contributed by atoms with van der Waals surface area (Å²) in [6.07, 6.45) is 14.5. The maximum absolute atomic E-state index is 14.1. The van der Waals surface area contributed by atoms with Crippen molar-refractivity contribution in [3.8, 4) is 0 Å². The Morgan fingerprint density at radius 1 is 0.968 bits per heavy atom. The molecule has 4 fully saturated rings. The third-order valence-corrected chi connectivity index (χ3v) is 8.21. The van der Waals surface area contributed by atoms with Gasteiger partial charge in [-0.1, -0.05) is 0 Å². The molecule has 6 rings (SSSR count). The van der Waals surface area contributed by atoms with E-state index in [1.54, 1.807) is 31.7 Å². The van der Waals surface area contributed by atoms with E-state index in [1.807, 2.05) is 24.3 Å². The number of hydrogen-bond donors (Lipinski definition) is 2. The van der Waals surface area contributed by atoms with E-state index in [0.717, 1.165) is 48.1 Å². The Hall–Kier alpha value is -2.27. The van der Waals surface area contributed by atoms with Crippen LogP contribution in [0.25, 0.3) is 0 Å². The van der Waals surface area contributed by atoms with Crippen LogP contribution in [0.4, 0.5) is 0 Å². The first-order valence-corrected chi connectivity index (χ1v) is 11.7. The number of hydrogen-bond acceptors (Lipinski definition) is 4. The molecule has 4 aliphatic rings. The molecule has 1 atom stereocenters. The van der Waals surface area contributed by atoms with E-state index < -0.39 is 11.5 Å². The van der Waals surface area contributed by atoms with Gasteiger partial charge in [-0.3, -0.25) is 14.8 Å². The third kappa shape index (κ3) is 4.00. The molecule has 2 N–H and O–H groups in total. The zero-order valence-corrected chi connectivity index (χ0v) is 18.3. The van der Waals surface area contributed by atoms with Gasteiger partial charge < -0.3 is 10.4 Å². The highest BCUT2D eigenvalue weighted by Gasteiger charge is 2.54. The molecule has 164 valence electrons. The van der Waals surface area contributed by atoms with Crippen molar-refractivity contribution in [2.75, 3.05) is 0 Å². The molecule has 2 aromatic rings. The molecule has 0 saturated heterocycles. The minimum Gasteiger partial charge on any atom is -0.392 e. The maximum Gasteiger partial charge on any atom is 0.229 e. The summed E-state index contributed by atoms with van der Waals surface area (Å²) in [6, 6.07) is 7.78. The van der Waals surface area contributed by atoms with Crippen LogP contribution < -0.4 is 5.32 Å². The van der Waals surface area contributed by atoms with Crippen LogP contribution >= 0.6 is 0 Å². The Labute approximate surface area is 184 Å². The smallest absolute Gasteiger partial charge is 0.229 e. The fourth-order valence-corrected chi connectivity index (χ4v) is 7.07. The van der Waals surface area contributed by atoms with E-state index in [-0.39, 0.29) is 11.4 Å². The molecule has 4 aliphatic carbocycles. The molecule has 0 radical (unpaired) electrons. The van der Waals surface area contributed by atoms with E-state index in [4.69, 9.17) is 0 Å². The van der Waals surface area contributed by atoms with Crippen molar-refractivity contribution in [1.82, 2.24) is 15.3 Å². The predicted octanol–water partition coefficient (Wildman–Crippen LogP) is 3.71. The van der Waals surface area contributed by atoms with Crippen LogP contribution in [0.15, 0.2) is 49.1 Å². The van der Waals surface area contributed by atoms with Gasteiger partial charge in [0.05, 0.1) is 11.5 Å². The predicted molar refractivity (Wildman–Crippen MR) is 119 cm³/mol. The van der Waals surface area contributed by atoms with Gasteiger partial charge in [-0.15, -0.1) is 0 Å². The Kier molecular flexibility index (Phi) is 5.33. The molecular weight excluding hydrogens is 386 g/mol. The minimum absolute atomic E-state index is 0.00178. The first-order chi connectivity index (χ1) is 15.0. The monoisotopic (exact) mass is 419 g/mol. The number of carbonyl (C=O) groups is 1. The zero-order chi connectivity index (χ0) is 21.5. The molecular formula is C26H33N3O2. The molecule has 2 heterocycles. The van der Waals surface area contributed by atoms with Gasteiger partial charge in [0.25, 0.3) is 0 Å². The summed E-state index contributed by atoms with van der Waals surface area (Å²) in [5.74, 6) is 2.27. The van der Waals surface area contributed by atoms with Crippen molar-refractivity contribution < 1.29 is 9.90 Å². The van der Waals surface area contributed by atoms with Crippen molar-refractivity contribution in [3.63, 3.8) is 0 Å². The summed E-state index contributed by atoms with van der Waals surface area (Å²) in [7, 11) is 0. The highest BCUT2D eigenvalue weighted by molar-refractivity contribution is 5.85. The van der Waals surface area contributed by atoms with Crippen molar-refractivity contribution >= 4 is 5.91 Å². The number of pyridine rings is 2. The molecule has 0 aromatic carbocycles. The van der Waals surface area contributed by atoms with Crippen LogP contribution in [0.5, 0.6) is 0 Å². The summed E-state index contributed by atoms with van der Waals surface area (Å²) in [5.41, 5.74) is 1.02. The molecule has 1 amide bonds. The number of aromatic nitrogens is 2. The van der Waals surface area contributed by atoms with Gasteiger partial charge in [0.15, 0.2) is 0 Å². The molecule has 1 unspecified atom stereocenters. The Morgan fingerprint density at radius 3 is 1.77 bits per heavy atom. The number of aliphatic hydroxyl groups excluding tert-OH is 1. The summed E-state index contributed by atoms with van der Waals surface area (Å²) >= 11 is 0. The van der Waals surface area contributed by atoms with Gasteiger partial charge in [-0.2, -0.15) is 0 Å². The quantitative estimate of drug-likeness (QED) is 0.717. The molecule has 5 nitrogen and oxygen atoms in total. The Balaban J connectivity index is 1.47. The molecule has 0 spiro atoms. The highest BCUT2D eigenvalue weighted by atomic mass is 16.3. The summed E-state index contributed by atoms with van der Waals surface area (Å²) in [4.78, 5) is 22.3. The molecule has 0 aliphatic heterocycles. The standard InChI is InChI=1S/C26H33N3O2/c1-18(30)26(16-19-2-6-27-7-3-19,17-20-4-8-28-9-5-20)24(31)29-25-13-21-10-22(14-25)12-23(11-21)15-25/h2-9,18,21-23,30H,10-17H2,1H3,(H,29,31). The normalized spacial score (nSPS) is 30.2. The lowest BCUT2D eigenvalue weighted by molar-refractivity contribution is -0.143. The summed E-state index contributed by atoms with van der Waals surface area (Å²) in [6.45, 7) is 1.77. The first-order valence-electron chi connectivity index (χ1n) is 11.7. The van der Waals surface area contributed by atoms with Crippen molar-refractivity contribution in [2.24, 2.45) is 23.2 Å². The average Bonchev–Trinajstić information content (AvgIpc) is 2.73. The fourth-order valence-electron chi connectivity index (χ4n) is 7.07. The second-order valence-corrected chi connectivity index (χ2v) is 10.5. The van der Waals surface area contributed by atoms with Crippen LogP contribution in [-0.2, 0) is 17.6 Å². The minimum atomic E-state index is -0.938. The fraction of sp³-hybridized carbons (Fsp3) is 0.577. The lowest BCUT2D eigenvalue weighted by Gasteiger charge is -2.57. The van der Waals surface area contributed by atoms with Crippen LogP contribution in [0.3, 0.4) is 0 Å². The van der Waals surface area contributed by atoms with Crippen molar-refractivity contribution in [3.05, 3.63) is 60.2 Å². The lowest BCUT2D eigenvalue weighted by atomic mass is 9.52. The number of amides is 1. The molecule has 5 heteroatoms. The summed E-state index contributed by atoms with van der Waals surface area (Å²) in [5, 5.41) is 14.6.